The van der Waals surface area contributed by atoms with E-state index in [1.807, 2.05) is 0 Å². The van der Waals surface area contributed by atoms with E-state index < -0.39 is 5.54 Å². The molecule has 0 atom stereocenters. The first kappa shape index (κ1) is 7.58. The minimum atomic E-state index is -0.615. The van der Waals surface area contributed by atoms with E-state index in [1.54, 1.807) is 4.81 Å². The lowest BCUT2D eigenvalue weighted by Crippen LogP contribution is -2.48. The van der Waals surface area contributed by atoms with Crippen LogP contribution in [0, 0.1) is 11.3 Å². The molecule has 0 aromatic carbocycles. The van der Waals surface area contributed by atoms with Gasteiger partial charge in [-0.2, -0.15) is 5.26 Å². The summed E-state index contributed by atoms with van der Waals surface area (Å²) in [7, 11) is 5.48. The van der Waals surface area contributed by atoms with Gasteiger partial charge in [0.2, 0.25) is 0 Å². The second-order valence-electron chi connectivity index (χ2n) is 2.80. The standard InChI is InChI=1S/C6H10BN3/c7-10-3-1-6(9,5-8)2-4-10/h1-4,9H2. The summed E-state index contributed by atoms with van der Waals surface area (Å²) in [4.78, 5) is 1.70. The van der Waals surface area contributed by atoms with E-state index in [1.165, 1.54) is 0 Å². The van der Waals surface area contributed by atoms with E-state index in [-0.39, 0.29) is 0 Å². The van der Waals surface area contributed by atoms with Crippen LogP contribution in [0.25, 0.3) is 0 Å². The summed E-state index contributed by atoms with van der Waals surface area (Å²) in [6.45, 7) is 1.45. The summed E-state index contributed by atoms with van der Waals surface area (Å²) < 4.78 is 0. The Morgan fingerprint density at radius 1 is 1.50 bits per heavy atom. The molecule has 2 N–H and O–H groups in total. The molecule has 2 radical (unpaired) electrons. The Bertz CT molecular complexity index is 155. The molecule has 1 rings (SSSR count). The topological polar surface area (TPSA) is 53.0 Å². The van der Waals surface area contributed by atoms with Gasteiger partial charge in [0.15, 0.2) is 7.98 Å². The molecule has 0 spiro atoms. The van der Waals surface area contributed by atoms with Crippen molar-refractivity contribution in [1.29, 1.82) is 5.26 Å². The molecule has 0 bridgehead atoms. The smallest absolute Gasteiger partial charge is 0.182 e. The Morgan fingerprint density at radius 2 is 2.00 bits per heavy atom. The molecule has 3 nitrogen and oxygen atoms in total. The number of nitrogens with two attached hydrogens (primary N) is 1. The molecule has 0 amide bonds. The van der Waals surface area contributed by atoms with Gasteiger partial charge in [0.1, 0.15) is 5.54 Å². The number of piperidine rings is 1. The molecule has 4 heteroatoms. The van der Waals surface area contributed by atoms with Crippen LogP contribution in [0.3, 0.4) is 0 Å². The number of hydrogen-bond donors (Lipinski definition) is 1. The molecule has 1 fully saturated rings. The number of nitriles is 1. The fourth-order valence-corrected chi connectivity index (χ4v) is 1.03. The summed E-state index contributed by atoms with van der Waals surface area (Å²) in [5.41, 5.74) is 5.06. The average molecular weight is 135 g/mol. The maximum atomic E-state index is 8.60. The zero-order valence-corrected chi connectivity index (χ0v) is 5.88. The fraction of sp³-hybridized carbons (Fsp3) is 0.833. The first-order valence-corrected chi connectivity index (χ1v) is 3.36. The molecule has 0 aromatic rings. The Hall–Kier alpha value is -0.525. The van der Waals surface area contributed by atoms with E-state index in [2.05, 4.69) is 6.07 Å². The van der Waals surface area contributed by atoms with Gasteiger partial charge < -0.3 is 10.5 Å². The van der Waals surface area contributed by atoms with Gasteiger partial charge in [0.05, 0.1) is 6.07 Å². The van der Waals surface area contributed by atoms with Crippen molar-refractivity contribution >= 4 is 7.98 Å². The average Bonchev–Trinajstić information content (AvgIpc) is 1.96. The minimum Gasteiger partial charge on any atom is -0.353 e. The first-order chi connectivity index (χ1) is 4.66. The molecule has 1 aliphatic heterocycles. The zero-order valence-electron chi connectivity index (χ0n) is 5.88. The molecular weight excluding hydrogens is 125 g/mol. The maximum absolute atomic E-state index is 8.60. The van der Waals surface area contributed by atoms with Gasteiger partial charge in [0, 0.05) is 0 Å². The van der Waals surface area contributed by atoms with Crippen molar-refractivity contribution in [3.63, 3.8) is 0 Å². The van der Waals surface area contributed by atoms with E-state index in [0.29, 0.717) is 12.8 Å². The third kappa shape index (κ3) is 1.50. The van der Waals surface area contributed by atoms with E-state index >= 15 is 0 Å². The maximum Gasteiger partial charge on any atom is 0.182 e. The van der Waals surface area contributed by atoms with Gasteiger partial charge in [-0.25, -0.2) is 0 Å². The third-order valence-corrected chi connectivity index (χ3v) is 1.91. The highest BCUT2D eigenvalue weighted by Gasteiger charge is 2.28. The van der Waals surface area contributed by atoms with Crippen molar-refractivity contribution in [3.8, 4) is 6.07 Å². The molecule has 52 valence electrons. The van der Waals surface area contributed by atoms with Crippen LogP contribution in [0.5, 0.6) is 0 Å². The Kier molecular flexibility index (Phi) is 1.98. The van der Waals surface area contributed by atoms with E-state index in [4.69, 9.17) is 19.0 Å². The highest BCUT2D eigenvalue weighted by Crippen LogP contribution is 2.16. The quantitative estimate of drug-likeness (QED) is 0.450. The van der Waals surface area contributed by atoms with Crippen LogP contribution in [0.15, 0.2) is 0 Å². The van der Waals surface area contributed by atoms with Crippen LogP contribution in [0.1, 0.15) is 12.8 Å². The van der Waals surface area contributed by atoms with E-state index in [9.17, 15) is 0 Å². The summed E-state index contributed by atoms with van der Waals surface area (Å²) in [6, 6.07) is 2.10. The molecule has 1 aliphatic rings. The molecule has 1 heterocycles. The number of rotatable bonds is 0. The van der Waals surface area contributed by atoms with Crippen LogP contribution in [-0.2, 0) is 0 Å². The van der Waals surface area contributed by atoms with Crippen LogP contribution >= 0.6 is 0 Å². The van der Waals surface area contributed by atoms with Crippen molar-refractivity contribution in [1.82, 2.24) is 4.81 Å². The van der Waals surface area contributed by atoms with Gasteiger partial charge in [-0.05, 0) is 25.9 Å². The second kappa shape index (κ2) is 2.61. The van der Waals surface area contributed by atoms with Crippen LogP contribution in [-0.4, -0.2) is 31.4 Å². The van der Waals surface area contributed by atoms with Gasteiger partial charge in [0.25, 0.3) is 0 Å². The van der Waals surface area contributed by atoms with Crippen molar-refractivity contribution in [2.24, 2.45) is 5.73 Å². The lowest BCUT2D eigenvalue weighted by molar-refractivity contribution is 0.289. The number of hydrogen-bond acceptors (Lipinski definition) is 3. The van der Waals surface area contributed by atoms with Crippen molar-refractivity contribution in [2.75, 3.05) is 13.1 Å². The van der Waals surface area contributed by atoms with Crippen molar-refractivity contribution < 1.29 is 0 Å². The normalized spacial score (nSPS) is 25.6. The van der Waals surface area contributed by atoms with E-state index in [0.717, 1.165) is 13.1 Å². The molecule has 10 heavy (non-hydrogen) atoms. The molecule has 0 aromatic heterocycles. The van der Waals surface area contributed by atoms with Crippen molar-refractivity contribution in [2.45, 2.75) is 18.4 Å². The predicted molar refractivity (Wildman–Crippen MR) is 39.1 cm³/mol. The van der Waals surface area contributed by atoms with Gasteiger partial charge in [-0.15, -0.1) is 0 Å². The lowest BCUT2D eigenvalue weighted by atomic mass is 9.89. The highest BCUT2D eigenvalue weighted by molar-refractivity contribution is 6.04. The van der Waals surface area contributed by atoms with Crippen LogP contribution in [0.4, 0.5) is 0 Å². The molecule has 0 unspecified atom stereocenters. The second-order valence-corrected chi connectivity index (χ2v) is 2.80. The lowest BCUT2D eigenvalue weighted by Gasteiger charge is -2.32. The minimum absolute atomic E-state index is 0.615. The molecular formula is C6H10BN3. The summed E-state index contributed by atoms with van der Waals surface area (Å²) in [6.07, 6.45) is 1.36. The Labute approximate surface area is 62.2 Å². The SMILES string of the molecule is [B]N1CCC(N)(C#N)CC1. The highest BCUT2D eigenvalue weighted by atomic mass is 15.0. The Morgan fingerprint density at radius 3 is 2.40 bits per heavy atom. The molecule has 0 aliphatic carbocycles. The van der Waals surface area contributed by atoms with Crippen molar-refractivity contribution in [3.05, 3.63) is 0 Å². The fourth-order valence-electron chi connectivity index (χ4n) is 1.03. The third-order valence-electron chi connectivity index (χ3n) is 1.91. The van der Waals surface area contributed by atoms with Gasteiger partial charge >= 0.3 is 0 Å². The zero-order chi connectivity index (χ0) is 7.61. The predicted octanol–water partition coefficient (Wildman–Crippen LogP) is -0.613. The molecule has 1 saturated heterocycles. The van der Waals surface area contributed by atoms with Crippen LogP contribution < -0.4 is 5.73 Å². The largest absolute Gasteiger partial charge is 0.353 e. The first-order valence-electron chi connectivity index (χ1n) is 3.36. The number of nitrogens with zero attached hydrogens (tertiary/aromatic N) is 2. The summed E-state index contributed by atoms with van der Waals surface area (Å²) in [5.74, 6) is 0. The summed E-state index contributed by atoms with van der Waals surface area (Å²) in [5, 5.41) is 8.60. The van der Waals surface area contributed by atoms with Gasteiger partial charge in [-0.1, -0.05) is 0 Å². The van der Waals surface area contributed by atoms with Crippen LogP contribution in [0.2, 0.25) is 0 Å². The molecule has 0 saturated carbocycles. The summed E-state index contributed by atoms with van der Waals surface area (Å²) >= 11 is 0. The Balaban J connectivity index is 2.48. The monoisotopic (exact) mass is 135 g/mol. The van der Waals surface area contributed by atoms with Gasteiger partial charge in [-0.3, -0.25) is 0 Å².